The molecule has 2 fully saturated rings. The number of benzene rings is 1. The van der Waals surface area contributed by atoms with E-state index in [1.165, 1.54) is 0 Å². The Bertz CT molecular complexity index is 1080. The van der Waals surface area contributed by atoms with E-state index in [1.54, 1.807) is 11.8 Å². The number of aliphatic hydroxyl groups excluding tert-OH is 1. The molecule has 0 amide bonds. The third-order valence-electron chi connectivity index (χ3n) is 6.41. The fraction of sp³-hybridized carbons (Fsp3) is 0.500. The number of fused-ring (bicyclic) bond motifs is 1. The monoisotopic (exact) mass is 411 g/mol. The summed E-state index contributed by atoms with van der Waals surface area (Å²) in [5, 5.41) is 18.3. The lowest BCUT2D eigenvalue weighted by atomic mass is 9.80. The first-order chi connectivity index (χ1) is 14.5. The van der Waals surface area contributed by atoms with Gasteiger partial charge < -0.3 is 15.2 Å². The summed E-state index contributed by atoms with van der Waals surface area (Å²) in [5.74, 6) is 0.688. The maximum Gasteiger partial charge on any atom is 0.318 e. The molecule has 2 N–H and O–H groups in total. The van der Waals surface area contributed by atoms with Crippen LogP contribution in [0.1, 0.15) is 47.9 Å². The van der Waals surface area contributed by atoms with Crippen LogP contribution in [0.2, 0.25) is 0 Å². The Morgan fingerprint density at radius 1 is 1.23 bits per heavy atom. The quantitative estimate of drug-likeness (QED) is 0.687. The van der Waals surface area contributed by atoms with Crippen molar-refractivity contribution in [1.82, 2.24) is 25.1 Å². The van der Waals surface area contributed by atoms with Gasteiger partial charge in [0.15, 0.2) is 5.82 Å². The molecule has 7 nitrogen and oxygen atoms in total. The standard InChI is InChI=1S/C22H26FN5O2/c1-12-5-14-10-25-28(20(14)8-17(12)16-3-4-24-11-18(16)23)21-9-19(13-6-15(29)7-13)26-22(27-21)30-2/h5,8-10,13,15-16,18,24,29H,3-4,6-7,11H2,1-2H3/t13?,15?,16-,18+/m1/s1. The van der Waals surface area contributed by atoms with Crippen LogP contribution < -0.4 is 10.1 Å². The fourth-order valence-corrected chi connectivity index (χ4v) is 4.63. The number of piperidine rings is 1. The molecule has 0 unspecified atom stereocenters. The van der Waals surface area contributed by atoms with E-state index in [9.17, 15) is 9.50 Å². The van der Waals surface area contributed by atoms with Crippen molar-refractivity contribution in [3.05, 3.63) is 41.2 Å². The highest BCUT2D eigenvalue weighted by Crippen LogP contribution is 2.37. The first-order valence-electron chi connectivity index (χ1n) is 10.5. The van der Waals surface area contributed by atoms with Gasteiger partial charge in [-0.3, -0.25) is 0 Å². The highest BCUT2D eigenvalue weighted by Gasteiger charge is 2.31. The number of halogens is 1. The Hall–Kier alpha value is -2.58. The summed E-state index contributed by atoms with van der Waals surface area (Å²) in [6.45, 7) is 3.25. The smallest absolute Gasteiger partial charge is 0.318 e. The minimum Gasteiger partial charge on any atom is -0.467 e. The molecule has 3 aromatic rings. The molecule has 8 heteroatoms. The fourth-order valence-electron chi connectivity index (χ4n) is 4.63. The van der Waals surface area contributed by atoms with Crippen molar-refractivity contribution in [2.75, 3.05) is 20.2 Å². The molecule has 158 valence electrons. The third kappa shape index (κ3) is 3.33. The van der Waals surface area contributed by atoms with Crippen molar-refractivity contribution in [3.63, 3.8) is 0 Å². The Balaban J connectivity index is 1.59. The van der Waals surface area contributed by atoms with Crippen LogP contribution in [0.4, 0.5) is 4.39 Å². The van der Waals surface area contributed by atoms with Gasteiger partial charge in [0.2, 0.25) is 0 Å². The molecule has 5 rings (SSSR count). The van der Waals surface area contributed by atoms with Crippen LogP contribution in [0, 0.1) is 6.92 Å². The van der Waals surface area contributed by atoms with Crippen LogP contribution in [0.15, 0.2) is 24.4 Å². The van der Waals surface area contributed by atoms with Crippen molar-refractivity contribution in [2.45, 2.75) is 50.3 Å². The number of rotatable bonds is 4. The minimum absolute atomic E-state index is 0.119. The van der Waals surface area contributed by atoms with Gasteiger partial charge in [0.05, 0.1) is 30.6 Å². The molecule has 2 aliphatic rings. The predicted molar refractivity (Wildman–Crippen MR) is 111 cm³/mol. The van der Waals surface area contributed by atoms with Gasteiger partial charge in [0.25, 0.3) is 0 Å². The summed E-state index contributed by atoms with van der Waals surface area (Å²) < 4.78 is 21.7. The second kappa shape index (κ2) is 7.59. The van der Waals surface area contributed by atoms with Crippen LogP contribution in [-0.4, -0.2) is 57.3 Å². The largest absolute Gasteiger partial charge is 0.467 e. The zero-order valence-corrected chi connectivity index (χ0v) is 17.2. The molecule has 0 radical (unpaired) electrons. The van der Waals surface area contributed by atoms with Crippen LogP contribution in [0.25, 0.3) is 16.7 Å². The summed E-state index contributed by atoms with van der Waals surface area (Å²) in [4.78, 5) is 8.98. The van der Waals surface area contributed by atoms with Crippen LogP contribution in [0.3, 0.4) is 0 Å². The van der Waals surface area contributed by atoms with Crippen molar-refractivity contribution in [2.24, 2.45) is 0 Å². The Morgan fingerprint density at radius 2 is 2.07 bits per heavy atom. The van der Waals surface area contributed by atoms with Crippen LogP contribution in [0.5, 0.6) is 6.01 Å². The number of alkyl halides is 1. The Labute approximate surface area is 174 Å². The summed E-state index contributed by atoms with van der Waals surface area (Å²) in [5.41, 5.74) is 3.85. The van der Waals surface area contributed by atoms with Gasteiger partial charge in [-0.1, -0.05) is 0 Å². The highest BCUT2D eigenvalue weighted by atomic mass is 19.1. The second-order valence-electron chi connectivity index (χ2n) is 8.40. The van der Waals surface area contributed by atoms with Gasteiger partial charge in [0.1, 0.15) is 6.17 Å². The van der Waals surface area contributed by atoms with E-state index in [4.69, 9.17) is 4.74 Å². The molecule has 3 heterocycles. The summed E-state index contributed by atoms with van der Waals surface area (Å²) in [7, 11) is 1.54. The van der Waals surface area contributed by atoms with Gasteiger partial charge in [-0.2, -0.15) is 15.1 Å². The SMILES string of the molecule is COc1nc(C2CC(O)C2)cc(-n2ncc3cc(C)c([C@H]4CCNC[C@@H]4F)cc32)n1. The lowest BCUT2D eigenvalue weighted by Gasteiger charge is -2.31. The van der Waals surface area contributed by atoms with Crippen LogP contribution >= 0.6 is 0 Å². The number of hydrogen-bond donors (Lipinski definition) is 2. The van der Waals surface area contributed by atoms with Crippen LogP contribution in [-0.2, 0) is 0 Å². The Morgan fingerprint density at radius 3 is 2.80 bits per heavy atom. The number of aliphatic hydroxyl groups is 1. The molecule has 0 bridgehead atoms. The van der Waals surface area contributed by atoms with Crippen molar-refractivity contribution in [1.29, 1.82) is 0 Å². The van der Waals surface area contributed by atoms with Crippen molar-refractivity contribution < 1.29 is 14.2 Å². The number of nitrogens with zero attached hydrogens (tertiary/aromatic N) is 4. The highest BCUT2D eigenvalue weighted by molar-refractivity contribution is 5.82. The topological polar surface area (TPSA) is 85.1 Å². The first kappa shape index (κ1) is 19.4. The van der Waals surface area contributed by atoms with Crippen molar-refractivity contribution in [3.8, 4) is 11.8 Å². The molecule has 1 aliphatic carbocycles. The first-order valence-corrected chi connectivity index (χ1v) is 10.5. The number of nitrogens with one attached hydrogen (secondary N) is 1. The van der Waals surface area contributed by atoms with E-state index >= 15 is 0 Å². The number of aromatic nitrogens is 4. The van der Waals surface area contributed by atoms with E-state index < -0.39 is 6.17 Å². The number of aryl methyl sites for hydroxylation is 1. The summed E-state index contributed by atoms with van der Waals surface area (Å²) in [6.07, 6.45) is 2.79. The molecule has 1 saturated heterocycles. The maximum absolute atomic E-state index is 14.6. The van der Waals surface area contributed by atoms with Crippen molar-refractivity contribution >= 4 is 10.9 Å². The normalized spacial score (nSPS) is 26.5. The maximum atomic E-state index is 14.6. The van der Waals surface area contributed by atoms with E-state index in [0.29, 0.717) is 25.2 Å². The molecule has 30 heavy (non-hydrogen) atoms. The average Bonchev–Trinajstić information content (AvgIpc) is 3.13. The summed E-state index contributed by atoms with van der Waals surface area (Å²) >= 11 is 0. The van der Waals surface area contributed by atoms with Gasteiger partial charge in [-0.15, -0.1) is 0 Å². The molecular formula is C22H26FN5O2. The predicted octanol–water partition coefficient (Wildman–Crippen LogP) is 2.79. The average molecular weight is 411 g/mol. The molecule has 1 saturated carbocycles. The third-order valence-corrected chi connectivity index (χ3v) is 6.41. The molecule has 2 atom stereocenters. The zero-order valence-electron chi connectivity index (χ0n) is 17.2. The van der Waals surface area contributed by atoms with E-state index in [0.717, 1.165) is 40.7 Å². The van der Waals surface area contributed by atoms with Gasteiger partial charge >= 0.3 is 6.01 Å². The number of ether oxygens (including phenoxy) is 1. The molecule has 0 spiro atoms. The molecule has 1 aliphatic heterocycles. The molecular weight excluding hydrogens is 385 g/mol. The lowest BCUT2D eigenvalue weighted by molar-refractivity contribution is 0.0729. The molecule has 1 aromatic carbocycles. The zero-order chi connectivity index (χ0) is 20.8. The molecule has 2 aromatic heterocycles. The summed E-state index contributed by atoms with van der Waals surface area (Å²) in [6, 6.07) is 6.32. The van der Waals surface area contributed by atoms with Gasteiger partial charge in [0, 0.05) is 29.8 Å². The number of methoxy groups -OCH3 is 1. The lowest BCUT2D eigenvalue weighted by Crippen LogP contribution is -2.36. The Kier molecular flexibility index (Phi) is 4.91. The van der Waals surface area contributed by atoms with Gasteiger partial charge in [-0.05, 0) is 56.0 Å². The van der Waals surface area contributed by atoms with Gasteiger partial charge in [-0.25, -0.2) is 9.07 Å². The second-order valence-corrected chi connectivity index (χ2v) is 8.40. The minimum atomic E-state index is -0.901. The number of hydrogen-bond acceptors (Lipinski definition) is 6. The van der Waals surface area contributed by atoms with E-state index in [1.807, 2.05) is 19.2 Å². The van der Waals surface area contributed by atoms with E-state index in [-0.39, 0.29) is 24.0 Å². The van der Waals surface area contributed by atoms with E-state index in [2.05, 4.69) is 32.5 Å².